The van der Waals surface area contributed by atoms with Crippen molar-refractivity contribution in [2.75, 3.05) is 5.32 Å². The molecule has 1 aromatic heterocycles. The zero-order chi connectivity index (χ0) is 27.2. The highest BCUT2D eigenvalue weighted by molar-refractivity contribution is 7.87. The Morgan fingerprint density at radius 1 is 0.973 bits per heavy atom. The highest BCUT2D eigenvalue weighted by Gasteiger charge is 2.31. The lowest BCUT2D eigenvalue weighted by atomic mass is 10.1. The lowest BCUT2D eigenvalue weighted by molar-refractivity contribution is -0.138. The average Bonchev–Trinajstić information content (AvgIpc) is 2.83. The van der Waals surface area contributed by atoms with Gasteiger partial charge in [-0.15, -0.1) is 0 Å². The molecule has 1 amide bonds. The predicted octanol–water partition coefficient (Wildman–Crippen LogP) is 4.38. The number of hydrogen-bond acceptors (Lipinski definition) is 5. The molecule has 0 fully saturated rings. The number of nitrogens with one attached hydrogen (secondary N) is 2. The molecule has 37 heavy (non-hydrogen) atoms. The summed E-state index contributed by atoms with van der Waals surface area (Å²) in [6.45, 7) is 3.54. The second-order valence-electron chi connectivity index (χ2n) is 8.47. The summed E-state index contributed by atoms with van der Waals surface area (Å²) in [7, 11) is -4.13. The first kappa shape index (κ1) is 28.5. The van der Waals surface area contributed by atoms with Crippen molar-refractivity contribution in [2.45, 2.75) is 38.9 Å². The lowest BCUT2D eigenvalue weighted by Crippen LogP contribution is -2.50. The third-order valence-electron chi connectivity index (χ3n) is 5.39. The van der Waals surface area contributed by atoms with Crippen LogP contribution in [0.15, 0.2) is 67.0 Å². The van der Waals surface area contributed by atoms with Crippen molar-refractivity contribution in [3.05, 3.63) is 93.7 Å². The summed E-state index contributed by atoms with van der Waals surface area (Å²) in [6, 6.07) is 13.6. The number of hydrogen-bond donors (Lipinski definition) is 3. The normalized spacial score (nSPS) is 12.5. The Morgan fingerprint density at radius 2 is 1.57 bits per heavy atom. The fraction of sp³-hybridized carbons (Fsp3) is 0.240. The van der Waals surface area contributed by atoms with Crippen LogP contribution in [0.1, 0.15) is 35.3 Å². The van der Waals surface area contributed by atoms with E-state index in [0.717, 1.165) is 5.56 Å². The van der Waals surface area contributed by atoms with Crippen LogP contribution in [0.2, 0.25) is 10.0 Å². The summed E-state index contributed by atoms with van der Waals surface area (Å²) < 4.78 is 29.8. The minimum Gasteiger partial charge on any atom is -0.480 e. The number of carbonyl (C=O) groups is 2. The molecule has 3 rings (SSSR count). The third-order valence-corrected chi connectivity index (χ3v) is 7.71. The molecule has 0 aliphatic carbocycles. The summed E-state index contributed by atoms with van der Waals surface area (Å²) in [4.78, 5) is 28.3. The summed E-state index contributed by atoms with van der Waals surface area (Å²) >= 11 is 12.0. The SMILES string of the molecule is CC(C)N(Cc1ccccc1)S(=O)(=O)NC(Cc1ccc(NC(=O)c2c(Cl)cncc2Cl)cc1)C(=O)O. The number of carboxylic acids is 1. The van der Waals surface area contributed by atoms with Gasteiger partial charge in [0.2, 0.25) is 0 Å². The van der Waals surface area contributed by atoms with Gasteiger partial charge in [0, 0.05) is 30.7 Å². The molecule has 9 nitrogen and oxygen atoms in total. The minimum absolute atomic E-state index is 0.0768. The highest BCUT2D eigenvalue weighted by Crippen LogP contribution is 2.24. The molecule has 1 heterocycles. The minimum atomic E-state index is -4.13. The molecule has 0 aliphatic heterocycles. The number of anilines is 1. The topological polar surface area (TPSA) is 129 Å². The lowest BCUT2D eigenvalue weighted by Gasteiger charge is -2.28. The van der Waals surface area contributed by atoms with Gasteiger partial charge in [-0.05, 0) is 43.5 Å². The van der Waals surface area contributed by atoms with E-state index in [4.69, 9.17) is 23.2 Å². The van der Waals surface area contributed by atoms with Gasteiger partial charge < -0.3 is 10.4 Å². The maximum atomic E-state index is 13.1. The fourth-order valence-electron chi connectivity index (χ4n) is 3.52. The molecule has 196 valence electrons. The highest BCUT2D eigenvalue weighted by atomic mass is 35.5. The number of benzene rings is 2. The molecule has 2 aromatic carbocycles. The van der Waals surface area contributed by atoms with E-state index in [1.165, 1.54) is 16.7 Å². The molecular weight excluding hydrogens is 539 g/mol. The quantitative estimate of drug-likeness (QED) is 0.317. The van der Waals surface area contributed by atoms with Crippen molar-refractivity contribution in [2.24, 2.45) is 0 Å². The standard InChI is InChI=1S/C25H26Cl2N4O5S/c1-16(2)31(15-18-6-4-3-5-7-18)37(35,36)30-22(25(33)34)12-17-8-10-19(11-9-17)29-24(32)23-20(26)13-28-14-21(23)27/h3-11,13-14,16,22,30H,12,15H2,1-2H3,(H,29,32)(H,33,34). The monoisotopic (exact) mass is 564 g/mol. The molecule has 0 saturated carbocycles. The molecule has 3 N–H and O–H groups in total. The van der Waals surface area contributed by atoms with Crippen molar-refractivity contribution in [1.29, 1.82) is 0 Å². The van der Waals surface area contributed by atoms with E-state index in [0.29, 0.717) is 11.3 Å². The number of carboxylic acid groups (broad SMARTS) is 1. The maximum absolute atomic E-state index is 13.1. The van der Waals surface area contributed by atoms with Crippen molar-refractivity contribution < 1.29 is 23.1 Å². The van der Waals surface area contributed by atoms with E-state index < -0.39 is 34.2 Å². The molecule has 0 radical (unpaired) electrons. The largest absolute Gasteiger partial charge is 0.480 e. The molecule has 3 aromatic rings. The predicted molar refractivity (Wildman–Crippen MR) is 143 cm³/mol. The van der Waals surface area contributed by atoms with Crippen molar-refractivity contribution in [3.63, 3.8) is 0 Å². The van der Waals surface area contributed by atoms with Crippen LogP contribution in [0.25, 0.3) is 0 Å². The third kappa shape index (κ3) is 7.73. The first-order chi connectivity index (χ1) is 17.5. The zero-order valence-corrected chi connectivity index (χ0v) is 22.4. The smallest absolute Gasteiger partial charge is 0.322 e. The number of carbonyl (C=O) groups excluding carboxylic acids is 1. The van der Waals surface area contributed by atoms with Crippen LogP contribution in [-0.4, -0.2) is 46.8 Å². The van der Waals surface area contributed by atoms with Crippen LogP contribution in [-0.2, 0) is 28.0 Å². The fourth-order valence-corrected chi connectivity index (χ4v) is 5.61. The van der Waals surface area contributed by atoms with E-state index in [9.17, 15) is 23.1 Å². The van der Waals surface area contributed by atoms with Crippen LogP contribution in [0, 0.1) is 0 Å². The second-order valence-corrected chi connectivity index (χ2v) is 10.9. The van der Waals surface area contributed by atoms with E-state index in [1.54, 1.807) is 62.4 Å². The summed E-state index contributed by atoms with van der Waals surface area (Å²) in [5.41, 5.74) is 1.82. The molecule has 1 atom stereocenters. The summed E-state index contributed by atoms with van der Waals surface area (Å²) in [5, 5.41) is 12.6. The van der Waals surface area contributed by atoms with Gasteiger partial charge in [0.1, 0.15) is 6.04 Å². The first-order valence-electron chi connectivity index (χ1n) is 11.2. The number of aliphatic carboxylic acids is 1. The molecule has 0 saturated heterocycles. The number of pyridine rings is 1. The maximum Gasteiger partial charge on any atom is 0.322 e. The van der Waals surface area contributed by atoms with Crippen LogP contribution in [0.3, 0.4) is 0 Å². The van der Waals surface area contributed by atoms with Gasteiger partial charge in [-0.2, -0.15) is 17.4 Å². The Hall–Kier alpha value is -3.02. The molecular formula is C25H26Cl2N4O5S. The number of aromatic nitrogens is 1. The van der Waals surface area contributed by atoms with Crippen molar-refractivity contribution in [3.8, 4) is 0 Å². The van der Waals surface area contributed by atoms with Gasteiger partial charge in [0.25, 0.3) is 16.1 Å². The number of nitrogens with zero attached hydrogens (tertiary/aromatic N) is 2. The van der Waals surface area contributed by atoms with Crippen molar-refractivity contribution >= 4 is 51.0 Å². The Balaban J connectivity index is 1.71. The van der Waals surface area contributed by atoms with Crippen molar-refractivity contribution in [1.82, 2.24) is 14.0 Å². The van der Waals surface area contributed by atoms with E-state index in [2.05, 4.69) is 15.0 Å². The number of rotatable bonds is 11. The molecule has 0 spiro atoms. The van der Waals surface area contributed by atoms with E-state index in [1.807, 2.05) is 6.07 Å². The number of halogens is 2. The Labute approximate surface area is 225 Å². The Bertz CT molecular complexity index is 1330. The average molecular weight is 565 g/mol. The van der Waals surface area contributed by atoms with Crippen LogP contribution in [0.4, 0.5) is 5.69 Å². The van der Waals surface area contributed by atoms with Gasteiger partial charge in [0.15, 0.2) is 0 Å². The van der Waals surface area contributed by atoms with Gasteiger partial charge in [0.05, 0.1) is 15.6 Å². The van der Waals surface area contributed by atoms with Gasteiger partial charge in [-0.3, -0.25) is 14.6 Å². The van der Waals surface area contributed by atoms with Gasteiger partial charge in [-0.25, -0.2) is 0 Å². The van der Waals surface area contributed by atoms with E-state index >= 15 is 0 Å². The van der Waals surface area contributed by atoms with E-state index in [-0.39, 0.29) is 28.6 Å². The first-order valence-corrected chi connectivity index (χ1v) is 13.4. The second kappa shape index (κ2) is 12.5. The molecule has 0 aliphatic rings. The molecule has 12 heteroatoms. The Morgan fingerprint density at radius 3 is 2.11 bits per heavy atom. The molecule has 1 unspecified atom stereocenters. The van der Waals surface area contributed by atoms with Crippen LogP contribution >= 0.6 is 23.2 Å². The molecule has 0 bridgehead atoms. The Kier molecular flexibility index (Phi) is 9.63. The summed E-state index contributed by atoms with van der Waals surface area (Å²) in [6.07, 6.45) is 2.50. The van der Waals surface area contributed by atoms with Gasteiger partial charge in [-0.1, -0.05) is 65.7 Å². The van der Waals surface area contributed by atoms with Crippen LogP contribution < -0.4 is 10.0 Å². The summed E-state index contributed by atoms with van der Waals surface area (Å²) in [5.74, 6) is -1.85. The van der Waals surface area contributed by atoms with Gasteiger partial charge >= 0.3 is 5.97 Å². The zero-order valence-electron chi connectivity index (χ0n) is 20.1. The number of amides is 1. The van der Waals surface area contributed by atoms with Crippen LogP contribution in [0.5, 0.6) is 0 Å².